The molecule has 1 aliphatic heterocycles. The molecule has 37 heavy (non-hydrogen) atoms. The number of esters is 1. The maximum atomic E-state index is 12.8. The van der Waals surface area contributed by atoms with E-state index in [1.54, 1.807) is 45.6 Å². The van der Waals surface area contributed by atoms with Crippen LogP contribution in [0, 0.1) is 0 Å². The van der Waals surface area contributed by atoms with Gasteiger partial charge in [0.15, 0.2) is 17.3 Å². The second kappa shape index (κ2) is 11.4. The Morgan fingerprint density at radius 2 is 1.68 bits per heavy atom. The molecule has 0 fully saturated rings. The molecule has 9 nitrogen and oxygen atoms in total. The van der Waals surface area contributed by atoms with Crippen LogP contribution in [-0.4, -0.2) is 51.0 Å². The van der Waals surface area contributed by atoms with Crippen LogP contribution in [0.4, 0.5) is 0 Å². The highest BCUT2D eigenvalue weighted by Gasteiger charge is 2.27. The van der Waals surface area contributed by atoms with Crippen LogP contribution >= 0.6 is 0 Å². The van der Waals surface area contributed by atoms with E-state index in [2.05, 4.69) is 4.90 Å². The quantitative estimate of drug-likeness (QED) is 0.433. The van der Waals surface area contributed by atoms with Gasteiger partial charge in [0.2, 0.25) is 11.2 Å². The van der Waals surface area contributed by atoms with E-state index in [0.29, 0.717) is 41.7 Å². The maximum absolute atomic E-state index is 12.8. The summed E-state index contributed by atoms with van der Waals surface area (Å²) in [6, 6.07) is 12.3. The van der Waals surface area contributed by atoms with Crippen LogP contribution in [0.5, 0.6) is 23.0 Å². The minimum atomic E-state index is -0.718. The van der Waals surface area contributed by atoms with Crippen LogP contribution < -0.4 is 19.6 Å². The lowest BCUT2D eigenvalue weighted by molar-refractivity contribution is -0.140. The van der Waals surface area contributed by atoms with Crippen LogP contribution in [0.15, 0.2) is 51.7 Å². The van der Waals surface area contributed by atoms with Crippen LogP contribution in [0.3, 0.4) is 0 Å². The Kier molecular flexibility index (Phi) is 8.03. The van der Waals surface area contributed by atoms with E-state index in [1.807, 2.05) is 12.1 Å². The van der Waals surface area contributed by atoms with Gasteiger partial charge in [0.05, 0.1) is 47.3 Å². The van der Waals surface area contributed by atoms with Gasteiger partial charge in [0.1, 0.15) is 11.5 Å². The number of carbonyl (C=O) groups is 1. The number of nitrogens with zero attached hydrogens (tertiary/aromatic N) is 1. The van der Waals surface area contributed by atoms with Crippen molar-refractivity contribution in [2.24, 2.45) is 0 Å². The number of rotatable bonds is 9. The summed E-state index contributed by atoms with van der Waals surface area (Å²) in [7, 11) is 6.06. The second-order valence-corrected chi connectivity index (χ2v) is 8.83. The van der Waals surface area contributed by atoms with Gasteiger partial charge in [-0.05, 0) is 47.4 Å². The molecule has 0 saturated heterocycles. The molecule has 1 atom stereocenters. The summed E-state index contributed by atoms with van der Waals surface area (Å²) in [5, 5.41) is 10.7. The SMILES string of the molecule is COC(=O)C[C@H](c1ccc(OC)cc1)c1oc(CN2CCc3cc(OC)c(OC)cc3C2)cc(=O)c1O. The smallest absolute Gasteiger partial charge is 0.306 e. The van der Waals surface area contributed by atoms with Gasteiger partial charge in [-0.15, -0.1) is 0 Å². The number of aromatic hydroxyl groups is 1. The third kappa shape index (κ3) is 5.72. The molecule has 1 aromatic heterocycles. The average Bonchev–Trinajstić information content (AvgIpc) is 2.92. The van der Waals surface area contributed by atoms with Gasteiger partial charge in [-0.1, -0.05) is 12.1 Å². The molecule has 2 heterocycles. The number of methoxy groups -OCH3 is 4. The van der Waals surface area contributed by atoms with Crippen LogP contribution in [-0.2, 0) is 29.0 Å². The van der Waals surface area contributed by atoms with Gasteiger partial charge < -0.3 is 28.5 Å². The van der Waals surface area contributed by atoms with E-state index in [4.69, 9.17) is 23.4 Å². The zero-order chi connectivity index (χ0) is 26.5. The zero-order valence-corrected chi connectivity index (χ0v) is 21.4. The Labute approximate surface area is 215 Å². The molecule has 196 valence electrons. The summed E-state index contributed by atoms with van der Waals surface area (Å²) in [5.41, 5.74) is 2.39. The Balaban J connectivity index is 1.64. The van der Waals surface area contributed by atoms with Crippen molar-refractivity contribution in [1.82, 2.24) is 4.90 Å². The van der Waals surface area contributed by atoms with Crippen molar-refractivity contribution in [2.45, 2.75) is 31.8 Å². The molecule has 0 saturated carbocycles. The van der Waals surface area contributed by atoms with E-state index >= 15 is 0 Å². The van der Waals surface area contributed by atoms with Crippen molar-refractivity contribution >= 4 is 5.97 Å². The summed E-state index contributed by atoms with van der Waals surface area (Å²) >= 11 is 0. The monoisotopic (exact) mass is 509 g/mol. The van der Waals surface area contributed by atoms with Crippen LogP contribution in [0.1, 0.15) is 40.5 Å². The number of hydrogen-bond acceptors (Lipinski definition) is 9. The largest absolute Gasteiger partial charge is 0.502 e. The summed E-state index contributed by atoms with van der Waals surface area (Å²) in [6.45, 7) is 1.72. The van der Waals surface area contributed by atoms with E-state index in [1.165, 1.54) is 18.7 Å². The van der Waals surface area contributed by atoms with Crippen molar-refractivity contribution in [3.05, 3.63) is 80.9 Å². The number of carbonyl (C=O) groups excluding carboxylic acids is 1. The molecule has 9 heteroatoms. The van der Waals surface area contributed by atoms with Gasteiger partial charge in [-0.2, -0.15) is 0 Å². The lowest BCUT2D eigenvalue weighted by Crippen LogP contribution is -2.30. The first kappa shape index (κ1) is 26.1. The van der Waals surface area contributed by atoms with Crippen molar-refractivity contribution in [2.75, 3.05) is 35.0 Å². The maximum Gasteiger partial charge on any atom is 0.306 e. The number of hydrogen-bond donors (Lipinski definition) is 1. The zero-order valence-electron chi connectivity index (χ0n) is 21.4. The molecule has 0 spiro atoms. The van der Waals surface area contributed by atoms with E-state index < -0.39 is 23.1 Å². The molecule has 0 aliphatic carbocycles. The molecule has 3 aromatic rings. The Morgan fingerprint density at radius 1 is 1.00 bits per heavy atom. The second-order valence-electron chi connectivity index (χ2n) is 8.83. The standard InChI is InChI=1S/C28H31NO8/c1-33-20-7-5-17(6-8-20)22(14-26(31)36-4)28-27(32)23(30)13-21(37-28)16-29-10-9-18-11-24(34-2)25(35-3)12-19(18)15-29/h5-8,11-13,22,32H,9-10,14-16H2,1-4H3/t22-/m1/s1. The fourth-order valence-electron chi connectivity index (χ4n) is 4.61. The Bertz CT molecular complexity index is 1310. The molecular weight excluding hydrogens is 478 g/mol. The number of fused-ring (bicyclic) bond motifs is 1. The highest BCUT2D eigenvalue weighted by Crippen LogP contribution is 2.36. The topological polar surface area (TPSA) is 108 Å². The lowest BCUT2D eigenvalue weighted by atomic mass is 9.92. The summed E-state index contributed by atoms with van der Waals surface area (Å²) in [4.78, 5) is 27.1. The molecule has 1 aliphatic rings. The predicted octanol–water partition coefficient (Wildman–Crippen LogP) is 3.62. The Morgan fingerprint density at radius 3 is 2.30 bits per heavy atom. The van der Waals surface area contributed by atoms with Gasteiger partial charge in [-0.3, -0.25) is 14.5 Å². The minimum Gasteiger partial charge on any atom is -0.502 e. The van der Waals surface area contributed by atoms with E-state index in [-0.39, 0.29) is 12.2 Å². The average molecular weight is 510 g/mol. The molecule has 1 N–H and O–H groups in total. The highest BCUT2D eigenvalue weighted by atomic mass is 16.5. The van der Waals surface area contributed by atoms with Crippen molar-refractivity contribution in [3.63, 3.8) is 0 Å². The van der Waals surface area contributed by atoms with Gasteiger partial charge in [-0.25, -0.2) is 0 Å². The van der Waals surface area contributed by atoms with Crippen LogP contribution in [0.25, 0.3) is 0 Å². The molecule has 0 unspecified atom stereocenters. The predicted molar refractivity (Wildman–Crippen MR) is 135 cm³/mol. The molecule has 2 aromatic carbocycles. The summed E-state index contributed by atoms with van der Waals surface area (Å²) in [5.74, 6) is 0.682. The molecule has 0 bridgehead atoms. The van der Waals surface area contributed by atoms with Gasteiger partial charge in [0, 0.05) is 19.2 Å². The van der Waals surface area contributed by atoms with Crippen LogP contribution in [0.2, 0.25) is 0 Å². The van der Waals surface area contributed by atoms with Gasteiger partial charge >= 0.3 is 5.97 Å². The highest BCUT2D eigenvalue weighted by molar-refractivity contribution is 5.71. The molecule has 0 amide bonds. The fraction of sp³-hybridized carbons (Fsp3) is 0.357. The third-order valence-corrected chi connectivity index (χ3v) is 6.61. The van der Waals surface area contributed by atoms with Crippen molar-refractivity contribution in [1.29, 1.82) is 0 Å². The first-order valence-corrected chi connectivity index (χ1v) is 11.9. The molecule has 0 radical (unpaired) electrons. The normalized spacial score (nSPS) is 13.9. The fourth-order valence-corrected chi connectivity index (χ4v) is 4.61. The Hall–Kier alpha value is -3.98. The first-order chi connectivity index (χ1) is 17.9. The van der Waals surface area contributed by atoms with Crippen molar-refractivity contribution < 1.29 is 33.3 Å². The molecule has 4 rings (SSSR count). The van der Waals surface area contributed by atoms with Crippen molar-refractivity contribution in [3.8, 4) is 23.0 Å². The first-order valence-electron chi connectivity index (χ1n) is 11.9. The number of ether oxygens (including phenoxy) is 4. The summed E-state index contributed by atoms with van der Waals surface area (Å²) < 4.78 is 27.1. The lowest BCUT2D eigenvalue weighted by Gasteiger charge is -2.29. The minimum absolute atomic E-state index is 0.0295. The number of benzene rings is 2. The van der Waals surface area contributed by atoms with Gasteiger partial charge in [0.25, 0.3) is 0 Å². The van der Waals surface area contributed by atoms with E-state index in [0.717, 1.165) is 18.5 Å². The third-order valence-electron chi connectivity index (χ3n) is 6.61. The van der Waals surface area contributed by atoms with E-state index in [9.17, 15) is 14.7 Å². The summed E-state index contributed by atoms with van der Waals surface area (Å²) in [6.07, 6.45) is 0.684. The molecular formula is C28H31NO8.